The number of hydrogen-bond acceptors (Lipinski definition) is 5. The summed E-state index contributed by atoms with van der Waals surface area (Å²) >= 11 is 0. The van der Waals surface area contributed by atoms with Crippen LogP contribution in [0.4, 0.5) is 4.79 Å². The molecule has 2 aromatic carbocycles. The van der Waals surface area contributed by atoms with Crippen LogP contribution >= 0.6 is 0 Å². The Morgan fingerprint density at radius 1 is 0.971 bits per heavy atom. The number of hydrogen-bond donors (Lipinski definition) is 4. The van der Waals surface area contributed by atoms with Crippen molar-refractivity contribution in [2.45, 2.75) is 45.1 Å². The maximum Gasteiger partial charge on any atom is 0.407 e. The van der Waals surface area contributed by atoms with Crippen LogP contribution in [0.1, 0.15) is 50.2 Å². The van der Waals surface area contributed by atoms with Crippen LogP contribution < -0.4 is 10.6 Å². The van der Waals surface area contributed by atoms with Crippen molar-refractivity contribution in [2.24, 2.45) is 11.8 Å². The van der Waals surface area contributed by atoms with Gasteiger partial charge in [-0.2, -0.15) is 0 Å². The molecule has 0 aromatic heterocycles. The van der Waals surface area contributed by atoms with E-state index in [0.29, 0.717) is 12.5 Å². The molecule has 3 rings (SSSR count). The lowest BCUT2D eigenvalue weighted by Crippen LogP contribution is -2.35. The van der Waals surface area contributed by atoms with Gasteiger partial charge in [-0.25, -0.2) is 9.59 Å². The van der Waals surface area contributed by atoms with Gasteiger partial charge in [0, 0.05) is 31.8 Å². The van der Waals surface area contributed by atoms with Crippen LogP contribution in [0.2, 0.25) is 0 Å². The van der Waals surface area contributed by atoms with E-state index in [9.17, 15) is 19.5 Å². The summed E-state index contributed by atoms with van der Waals surface area (Å²) in [6.45, 7) is 4.67. The zero-order chi connectivity index (χ0) is 25.4. The minimum Gasteiger partial charge on any atom is -0.479 e. The number of carbonyl (C=O) groups excluding carboxylic acids is 2. The average Bonchev–Trinajstić information content (AvgIpc) is 3.14. The molecule has 188 valence electrons. The molecule has 0 saturated heterocycles. The third kappa shape index (κ3) is 7.29. The SMILES string of the molecule is CC(C)CC(CNC(=O)OCC1c2ccccc2-c2ccccc21)CC(=O)NCC[C@H](O)C(=O)O. The lowest BCUT2D eigenvalue weighted by Gasteiger charge is -2.20. The van der Waals surface area contributed by atoms with Crippen LogP contribution in [-0.4, -0.2) is 54.0 Å². The number of rotatable bonds is 12. The summed E-state index contributed by atoms with van der Waals surface area (Å²) in [4.78, 5) is 35.4. The second-order valence-electron chi connectivity index (χ2n) is 9.40. The summed E-state index contributed by atoms with van der Waals surface area (Å²) in [5, 5.41) is 23.4. The molecule has 35 heavy (non-hydrogen) atoms. The summed E-state index contributed by atoms with van der Waals surface area (Å²) in [5.41, 5.74) is 4.61. The third-order valence-corrected chi connectivity index (χ3v) is 6.18. The van der Waals surface area contributed by atoms with Crippen LogP contribution in [0, 0.1) is 11.8 Å². The first-order valence-corrected chi connectivity index (χ1v) is 12.0. The highest BCUT2D eigenvalue weighted by molar-refractivity contribution is 5.79. The summed E-state index contributed by atoms with van der Waals surface area (Å²) in [5.74, 6) is -1.36. The highest BCUT2D eigenvalue weighted by Crippen LogP contribution is 2.44. The molecule has 4 N–H and O–H groups in total. The van der Waals surface area contributed by atoms with Gasteiger partial charge >= 0.3 is 12.1 Å². The molecule has 2 aromatic rings. The quantitative estimate of drug-likeness (QED) is 0.367. The predicted octanol–water partition coefficient (Wildman–Crippen LogP) is 3.53. The Balaban J connectivity index is 1.49. The summed E-state index contributed by atoms with van der Waals surface area (Å²) in [6.07, 6.45) is -1.17. The zero-order valence-electron chi connectivity index (χ0n) is 20.2. The molecule has 2 amide bonds. The number of carbonyl (C=O) groups is 3. The van der Waals surface area contributed by atoms with Gasteiger partial charge in [-0.15, -0.1) is 0 Å². The van der Waals surface area contributed by atoms with Gasteiger partial charge in [0.15, 0.2) is 6.10 Å². The van der Waals surface area contributed by atoms with Gasteiger partial charge in [0.2, 0.25) is 5.91 Å². The van der Waals surface area contributed by atoms with E-state index in [-0.39, 0.29) is 43.7 Å². The number of aliphatic hydroxyl groups excluding tert-OH is 1. The van der Waals surface area contributed by atoms with E-state index in [1.54, 1.807) is 0 Å². The normalized spacial score (nSPS) is 14.1. The molecule has 1 unspecified atom stereocenters. The minimum atomic E-state index is -1.50. The van der Waals surface area contributed by atoms with Crippen molar-refractivity contribution >= 4 is 18.0 Å². The molecule has 0 fully saturated rings. The number of fused-ring (bicyclic) bond motifs is 3. The fourth-order valence-corrected chi connectivity index (χ4v) is 4.59. The molecule has 0 bridgehead atoms. The molecule has 0 saturated carbocycles. The Bertz CT molecular complexity index is 992. The zero-order valence-corrected chi connectivity index (χ0v) is 20.2. The van der Waals surface area contributed by atoms with Crippen molar-refractivity contribution in [3.05, 3.63) is 59.7 Å². The molecule has 2 atom stereocenters. The first-order chi connectivity index (χ1) is 16.8. The predicted molar refractivity (Wildman–Crippen MR) is 132 cm³/mol. The second kappa shape index (κ2) is 12.4. The molecule has 8 heteroatoms. The Hall–Kier alpha value is -3.39. The van der Waals surface area contributed by atoms with Crippen molar-refractivity contribution in [1.82, 2.24) is 10.6 Å². The number of carboxylic acids is 1. The summed E-state index contributed by atoms with van der Waals surface area (Å²) < 4.78 is 5.58. The van der Waals surface area contributed by atoms with E-state index in [1.165, 1.54) is 0 Å². The Morgan fingerprint density at radius 3 is 2.14 bits per heavy atom. The standard InChI is InChI=1S/C27H34N2O6/c1-17(2)13-18(14-25(31)28-12-11-24(30)26(32)33)15-29-27(34)35-16-23-21-9-5-3-7-19(21)20-8-4-6-10-22(20)23/h3-10,17-18,23-24,30H,11-16H2,1-2H3,(H,28,31)(H,29,34)(H,32,33)/t18?,24-/m0/s1. The number of nitrogens with one attached hydrogen (secondary N) is 2. The number of carboxylic acid groups (broad SMARTS) is 1. The lowest BCUT2D eigenvalue weighted by atomic mass is 9.93. The molecule has 0 spiro atoms. The average molecular weight is 483 g/mol. The first-order valence-electron chi connectivity index (χ1n) is 12.0. The number of aliphatic carboxylic acids is 1. The largest absolute Gasteiger partial charge is 0.479 e. The van der Waals surface area contributed by atoms with Crippen molar-refractivity contribution < 1.29 is 29.3 Å². The van der Waals surface area contributed by atoms with Gasteiger partial charge in [0.05, 0.1) is 0 Å². The van der Waals surface area contributed by atoms with Crippen LogP contribution in [-0.2, 0) is 14.3 Å². The maximum atomic E-state index is 12.5. The van der Waals surface area contributed by atoms with Gasteiger partial charge < -0.3 is 25.6 Å². The van der Waals surface area contributed by atoms with E-state index in [4.69, 9.17) is 9.84 Å². The van der Waals surface area contributed by atoms with Crippen molar-refractivity contribution in [3.8, 4) is 11.1 Å². The van der Waals surface area contributed by atoms with E-state index < -0.39 is 18.2 Å². The van der Waals surface area contributed by atoms with Crippen molar-refractivity contribution in [3.63, 3.8) is 0 Å². The lowest BCUT2D eigenvalue weighted by molar-refractivity contribution is -0.147. The Kier molecular flexibility index (Phi) is 9.25. The van der Waals surface area contributed by atoms with Crippen LogP contribution in [0.25, 0.3) is 11.1 Å². The van der Waals surface area contributed by atoms with Gasteiger partial charge in [-0.05, 0) is 40.5 Å². The number of ether oxygens (including phenoxy) is 1. The Morgan fingerprint density at radius 2 is 1.57 bits per heavy atom. The molecule has 0 heterocycles. The Labute approximate surface area is 205 Å². The van der Waals surface area contributed by atoms with Crippen molar-refractivity contribution in [1.29, 1.82) is 0 Å². The van der Waals surface area contributed by atoms with Gasteiger partial charge in [-0.3, -0.25) is 4.79 Å². The smallest absolute Gasteiger partial charge is 0.407 e. The molecular formula is C27H34N2O6. The van der Waals surface area contributed by atoms with Crippen LogP contribution in [0.5, 0.6) is 0 Å². The topological polar surface area (TPSA) is 125 Å². The number of alkyl carbamates (subject to hydrolysis) is 1. The highest BCUT2D eigenvalue weighted by Gasteiger charge is 2.29. The summed E-state index contributed by atoms with van der Waals surface area (Å²) in [6, 6.07) is 16.3. The van der Waals surface area contributed by atoms with Gasteiger partial charge in [0.25, 0.3) is 0 Å². The third-order valence-electron chi connectivity index (χ3n) is 6.18. The van der Waals surface area contributed by atoms with Gasteiger partial charge in [0.1, 0.15) is 6.61 Å². The van der Waals surface area contributed by atoms with Crippen LogP contribution in [0.3, 0.4) is 0 Å². The van der Waals surface area contributed by atoms with E-state index in [2.05, 4.69) is 34.9 Å². The molecular weight excluding hydrogens is 448 g/mol. The van der Waals surface area contributed by atoms with Crippen molar-refractivity contribution in [2.75, 3.05) is 19.7 Å². The maximum absolute atomic E-state index is 12.5. The van der Waals surface area contributed by atoms with Crippen LogP contribution in [0.15, 0.2) is 48.5 Å². The number of benzene rings is 2. The summed E-state index contributed by atoms with van der Waals surface area (Å²) in [7, 11) is 0. The number of aliphatic hydroxyl groups is 1. The molecule has 1 aliphatic rings. The van der Waals surface area contributed by atoms with E-state index in [0.717, 1.165) is 28.7 Å². The second-order valence-corrected chi connectivity index (χ2v) is 9.40. The van der Waals surface area contributed by atoms with Gasteiger partial charge in [-0.1, -0.05) is 62.4 Å². The van der Waals surface area contributed by atoms with E-state index in [1.807, 2.05) is 38.1 Å². The fourth-order valence-electron chi connectivity index (χ4n) is 4.59. The minimum absolute atomic E-state index is 0.0217. The highest BCUT2D eigenvalue weighted by atomic mass is 16.5. The molecule has 0 radical (unpaired) electrons. The monoisotopic (exact) mass is 482 g/mol. The molecule has 8 nitrogen and oxygen atoms in total. The first kappa shape index (κ1) is 26.2. The number of amides is 2. The fraction of sp³-hybridized carbons (Fsp3) is 0.444. The molecule has 1 aliphatic carbocycles. The van der Waals surface area contributed by atoms with E-state index >= 15 is 0 Å². The molecule has 0 aliphatic heterocycles.